The van der Waals surface area contributed by atoms with Gasteiger partial charge in [0.2, 0.25) is 0 Å². The molecule has 1 saturated heterocycles. The predicted octanol–water partition coefficient (Wildman–Crippen LogP) is 4.40. The number of hydrogen-bond acceptors (Lipinski definition) is 7. The van der Waals surface area contributed by atoms with E-state index in [2.05, 4.69) is 10.3 Å². The first-order valence-electron chi connectivity index (χ1n) is 14.2. The van der Waals surface area contributed by atoms with Crippen LogP contribution in [0, 0.1) is 17.5 Å². The number of hydrogen-bond donors (Lipinski definition) is 2. The fourth-order valence-corrected chi connectivity index (χ4v) is 5.11. The average molecular weight is 584 g/mol. The molecule has 42 heavy (non-hydrogen) atoms. The average Bonchev–Trinajstić information content (AvgIpc) is 2.98. The lowest BCUT2D eigenvalue weighted by molar-refractivity contribution is -0.145. The molecule has 2 aromatic carbocycles. The molecule has 7 nitrogen and oxygen atoms in total. The van der Waals surface area contributed by atoms with Gasteiger partial charge < -0.3 is 20.5 Å². The molecular weight excluding hydrogens is 547 g/mol. The van der Waals surface area contributed by atoms with Gasteiger partial charge in [-0.25, -0.2) is 13.2 Å². The van der Waals surface area contributed by atoms with Crippen LogP contribution in [-0.4, -0.2) is 54.7 Å². The summed E-state index contributed by atoms with van der Waals surface area (Å²) in [7, 11) is 0. The van der Waals surface area contributed by atoms with Crippen LogP contribution in [0.4, 0.5) is 13.2 Å². The van der Waals surface area contributed by atoms with Crippen LogP contribution in [0.25, 0.3) is 0 Å². The van der Waals surface area contributed by atoms with Gasteiger partial charge in [0.15, 0.2) is 5.78 Å². The van der Waals surface area contributed by atoms with Gasteiger partial charge in [-0.05, 0) is 65.8 Å². The zero-order chi connectivity index (χ0) is 30.1. The van der Waals surface area contributed by atoms with Crippen molar-refractivity contribution in [2.24, 2.45) is 5.73 Å². The summed E-state index contributed by atoms with van der Waals surface area (Å²) in [6, 6.07) is 10.1. The zero-order valence-electron chi connectivity index (χ0n) is 23.5. The third-order valence-electron chi connectivity index (χ3n) is 7.43. The maximum Gasteiger partial charge on any atom is 0.305 e. The summed E-state index contributed by atoms with van der Waals surface area (Å²) in [5.74, 6) is -2.66. The van der Waals surface area contributed by atoms with Gasteiger partial charge in [-0.3, -0.25) is 14.6 Å². The lowest BCUT2D eigenvalue weighted by atomic mass is 9.82. The third-order valence-corrected chi connectivity index (χ3v) is 7.43. The molecule has 3 atom stereocenters. The molecule has 1 aromatic heterocycles. The summed E-state index contributed by atoms with van der Waals surface area (Å²) in [5.41, 5.74) is 8.48. The number of nitrogens with two attached hydrogens (primary N) is 1. The van der Waals surface area contributed by atoms with Crippen molar-refractivity contribution >= 4 is 11.8 Å². The van der Waals surface area contributed by atoms with E-state index in [1.165, 1.54) is 30.5 Å². The van der Waals surface area contributed by atoms with E-state index < -0.39 is 29.4 Å². The monoisotopic (exact) mass is 583 g/mol. The van der Waals surface area contributed by atoms with Gasteiger partial charge in [0, 0.05) is 31.5 Å². The van der Waals surface area contributed by atoms with E-state index in [-0.39, 0.29) is 36.9 Å². The molecule has 0 aliphatic carbocycles. The largest absolute Gasteiger partial charge is 0.464 e. The lowest BCUT2D eigenvalue weighted by Crippen LogP contribution is -2.49. The van der Waals surface area contributed by atoms with Crippen molar-refractivity contribution < 1.29 is 32.2 Å². The molecular formula is C32H36F3N3O4. The molecule has 1 aliphatic heterocycles. The number of halogens is 3. The van der Waals surface area contributed by atoms with Crippen molar-refractivity contribution in [2.75, 3.05) is 19.8 Å². The van der Waals surface area contributed by atoms with Crippen molar-refractivity contribution in [3.63, 3.8) is 0 Å². The number of morpholine rings is 1. The fraction of sp³-hybridized carbons (Fsp3) is 0.406. The van der Waals surface area contributed by atoms with Crippen molar-refractivity contribution in [3.05, 3.63) is 101 Å². The van der Waals surface area contributed by atoms with Crippen LogP contribution < -0.4 is 11.1 Å². The van der Waals surface area contributed by atoms with E-state index in [4.69, 9.17) is 15.2 Å². The molecule has 0 radical (unpaired) electrons. The summed E-state index contributed by atoms with van der Waals surface area (Å²) >= 11 is 0. The number of esters is 1. The van der Waals surface area contributed by atoms with E-state index in [0.29, 0.717) is 54.7 Å². The Balaban J connectivity index is 1.41. The Kier molecular flexibility index (Phi) is 11.2. The first-order valence-corrected chi connectivity index (χ1v) is 14.2. The highest BCUT2D eigenvalue weighted by atomic mass is 19.1. The van der Waals surface area contributed by atoms with Gasteiger partial charge in [0.25, 0.3) is 0 Å². The highest BCUT2D eigenvalue weighted by Crippen LogP contribution is 2.29. The number of carbonyl (C=O) groups is 2. The van der Waals surface area contributed by atoms with Crippen LogP contribution in [0.1, 0.15) is 54.4 Å². The highest BCUT2D eigenvalue weighted by Gasteiger charge is 2.29. The summed E-state index contributed by atoms with van der Waals surface area (Å²) in [6.07, 6.45) is 4.15. The van der Waals surface area contributed by atoms with E-state index in [1.54, 1.807) is 24.3 Å². The van der Waals surface area contributed by atoms with Crippen LogP contribution in [0.3, 0.4) is 0 Å². The Morgan fingerprint density at radius 2 is 1.69 bits per heavy atom. The highest BCUT2D eigenvalue weighted by molar-refractivity contribution is 5.87. The minimum Gasteiger partial charge on any atom is -0.464 e. The fourth-order valence-electron chi connectivity index (χ4n) is 5.11. The molecule has 224 valence electrons. The van der Waals surface area contributed by atoms with E-state index in [0.717, 1.165) is 12.6 Å². The molecule has 0 saturated carbocycles. The molecule has 2 heterocycles. The van der Waals surface area contributed by atoms with Gasteiger partial charge in [-0.1, -0.05) is 31.2 Å². The summed E-state index contributed by atoms with van der Waals surface area (Å²) < 4.78 is 53.4. The number of ether oxygens (including phenoxy) is 2. The molecule has 0 amide bonds. The van der Waals surface area contributed by atoms with E-state index in [1.807, 2.05) is 6.92 Å². The molecule has 10 heteroatoms. The third kappa shape index (κ3) is 8.47. The van der Waals surface area contributed by atoms with Gasteiger partial charge in [0.05, 0.1) is 31.0 Å². The molecule has 4 rings (SSSR count). The minimum atomic E-state index is -1.06. The van der Waals surface area contributed by atoms with Crippen molar-refractivity contribution in [1.29, 1.82) is 0 Å². The smallest absolute Gasteiger partial charge is 0.305 e. The Bertz CT molecular complexity index is 1280. The zero-order valence-corrected chi connectivity index (χ0v) is 23.5. The Hall–Kier alpha value is -3.60. The number of benzene rings is 2. The summed E-state index contributed by atoms with van der Waals surface area (Å²) in [4.78, 5) is 29.1. The Morgan fingerprint density at radius 3 is 2.26 bits per heavy atom. The molecule has 1 unspecified atom stereocenters. The van der Waals surface area contributed by atoms with Gasteiger partial charge >= 0.3 is 5.97 Å². The van der Waals surface area contributed by atoms with E-state index in [9.17, 15) is 22.8 Å². The molecule has 1 fully saturated rings. The first-order chi connectivity index (χ1) is 20.2. The molecule has 1 aliphatic rings. The van der Waals surface area contributed by atoms with Crippen LogP contribution in [-0.2, 0) is 31.9 Å². The molecule has 3 aromatic rings. The van der Waals surface area contributed by atoms with Crippen molar-refractivity contribution in [2.45, 2.75) is 63.1 Å². The molecule has 0 bridgehead atoms. The van der Waals surface area contributed by atoms with Gasteiger partial charge in [-0.2, -0.15) is 0 Å². The maximum atomic E-state index is 14.9. The number of pyridine rings is 1. The normalized spacial score (nSPS) is 17.7. The number of ketones is 1. The molecule has 0 spiro atoms. The number of carbonyl (C=O) groups excluding carboxylic acids is 2. The van der Waals surface area contributed by atoms with Gasteiger partial charge in [0.1, 0.15) is 24.1 Å². The standard InChI is InChI=1S/C32H36F3N3O4/c1-2-3-30(40)42-19-25-18-41-26(16-38-25)12-13-27-22(15-37-17-28(27)35)14-29(39)32(36)31(20-4-8-23(33)9-5-20)21-6-10-24(34)11-7-21/h4-11,15,17,25-26,31-32,38H,2-3,12-14,16,18-19,36H2,1H3/t25?,26-,32-/m1/s1. The second kappa shape index (κ2) is 15.0. The number of Topliss-reactive ketones (excluding diaryl/α,β-unsaturated/α-hetero) is 1. The lowest BCUT2D eigenvalue weighted by Gasteiger charge is -2.30. The number of rotatable bonds is 13. The minimum absolute atomic E-state index is 0.107. The van der Waals surface area contributed by atoms with Crippen molar-refractivity contribution in [1.82, 2.24) is 10.3 Å². The predicted molar refractivity (Wildman–Crippen MR) is 151 cm³/mol. The molecule has 3 N–H and O–H groups in total. The van der Waals surface area contributed by atoms with Crippen LogP contribution in [0.15, 0.2) is 60.9 Å². The quantitative estimate of drug-likeness (QED) is 0.288. The van der Waals surface area contributed by atoms with Crippen LogP contribution in [0.5, 0.6) is 0 Å². The number of nitrogens with zero attached hydrogens (tertiary/aromatic N) is 1. The summed E-state index contributed by atoms with van der Waals surface area (Å²) in [5, 5.41) is 3.30. The SMILES string of the molecule is CCCC(=O)OCC1CO[C@H](CCc2c(F)cncc2CC(=O)[C@@H](N)C(c2ccc(F)cc2)c2ccc(F)cc2)CN1. The van der Waals surface area contributed by atoms with Crippen LogP contribution >= 0.6 is 0 Å². The number of aromatic nitrogens is 1. The summed E-state index contributed by atoms with van der Waals surface area (Å²) in [6.45, 7) is 3.01. The Labute approximate surface area is 243 Å². The Morgan fingerprint density at radius 1 is 1.05 bits per heavy atom. The van der Waals surface area contributed by atoms with E-state index >= 15 is 0 Å². The van der Waals surface area contributed by atoms with Gasteiger partial charge in [-0.15, -0.1) is 0 Å². The van der Waals surface area contributed by atoms with Crippen molar-refractivity contribution in [3.8, 4) is 0 Å². The second-order valence-corrected chi connectivity index (χ2v) is 10.5. The number of nitrogens with one attached hydrogen (secondary N) is 1. The first kappa shape index (κ1) is 31.3. The van der Waals surface area contributed by atoms with Crippen LogP contribution in [0.2, 0.25) is 0 Å². The topological polar surface area (TPSA) is 104 Å². The maximum absolute atomic E-state index is 14.9. The second-order valence-electron chi connectivity index (χ2n) is 10.5.